The maximum Gasteiger partial charge on any atom is 0.160 e. The van der Waals surface area contributed by atoms with E-state index in [9.17, 15) is 13.0 Å². The van der Waals surface area contributed by atoms with Crippen LogP contribution in [0, 0.1) is 6.92 Å². The molecule has 0 aromatic heterocycles. The molecule has 0 heterocycles. The maximum absolute atomic E-state index is 10.4. The van der Waals surface area contributed by atoms with Gasteiger partial charge in [-0.25, -0.2) is 8.42 Å². The summed E-state index contributed by atoms with van der Waals surface area (Å²) in [5.74, 6) is 0. The molecule has 1 aliphatic carbocycles. The molecule has 27 heavy (non-hydrogen) atoms. The third kappa shape index (κ3) is 5.70. The van der Waals surface area contributed by atoms with Gasteiger partial charge in [0.05, 0.1) is 15.8 Å². The summed E-state index contributed by atoms with van der Waals surface area (Å²) in [6.45, 7) is 1.82. The summed E-state index contributed by atoms with van der Waals surface area (Å²) < 4.78 is 31.2. The van der Waals surface area contributed by atoms with E-state index in [1.54, 1.807) is 12.1 Å². The zero-order valence-electron chi connectivity index (χ0n) is 15.1. The van der Waals surface area contributed by atoms with Crippen molar-refractivity contribution in [2.45, 2.75) is 39.7 Å². The molecule has 0 amide bonds. The summed E-state index contributed by atoms with van der Waals surface area (Å²) in [6.07, 6.45) is 2.79. The highest BCUT2D eigenvalue weighted by Gasteiger charge is 2.43. The van der Waals surface area contributed by atoms with Gasteiger partial charge in [0.25, 0.3) is 0 Å². The predicted octanol–water partition coefficient (Wildman–Crippen LogP) is 4.78. The third-order valence-corrected chi connectivity index (χ3v) is 7.71. The van der Waals surface area contributed by atoms with Crippen molar-refractivity contribution in [3.63, 3.8) is 0 Å². The first-order chi connectivity index (χ1) is 12.9. The first-order valence-electron chi connectivity index (χ1n) is 8.81. The molecule has 0 bridgehead atoms. The molecule has 1 fully saturated rings. The van der Waals surface area contributed by atoms with Crippen LogP contribution in [0.3, 0.4) is 0 Å². The average Bonchev–Trinajstić information content (AvgIpc) is 3.49. The van der Waals surface area contributed by atoms with E-state index in [0.29, 0.717) is 10.9 Å². The molecular weight excluding hydrogens is 376 g/mol. The van der Waals surface area contributed by atoms with Crippen molar-refractivity contribution in [1.82, 2.24) is 0 Å². The van der Waals surface area contributed by atoms with Gasteiger partial charge in [0.1, 0.15) is 15.4 Å². The summed E-state index contributed by atoms with van der Waals surface area (Å²) in [4.78, 5) is 2.82. The van der Waals surface area contributed by atoms with Crippen LogP contribution in [0.2, 0.25) is 0 Å². The molecule has 0 aliphatic heterocycles. The number of aryl methyl sites for hydroxylation is 1. The Morgan fingerprint density at radius 2 is 1.22 bits per heavy atom. The van der Waals surface area contributed by atoms with E-state index in [4.69, 9.17) is 0 Å². The van der Waals surface area contributed by atoms with Gasteiger partial charge in [-0.3, -0.25) is 0 Å². The molecule has 0 unspecified atom stereocenters. The van der Waals surface area contributed by atoms with E-state index < -0.39 is 10.1 Å². The monoisotopic (exact) mass is 398 g/mol. The highest BCUT2D eigenvalue weighted by molar-refractivity contribution is 7.97. The molecule has 3 aromatic rings. The fourth-order valence-electron chi connectivity index (χ4n) is 2.66. The third-order valence-electron chi connectivity index (χ3n) is 4.16. The number of hydrogen-bond donors (Lipinski definition) is 0. The normalized spacial score (nSPS) is 13.7. The van der Waals surface area contributed by atoms with Crippen LogP contribution in [0.25, 0.3) is 0 Å². The summed E-state index contributed by atoms with van der Waals surface area (Å²) in [5, 5.41) is 0.893. The van der Waals surface area contributed by atoms with Gasteiger partial charge in [0.2, 0.25) is 0 Å². The Hall–Kier alpha value is -2.08. The molecule has 0 saturated heterocycles. The Morgan fingerprint density at radius 1 is 0.778 bits per heavy atom. The fourth-order valence-corrected chi connectivity index (χ4v) is 5.68. The summed E-state index contributed by atoms with van der Waals surface area (Å²) in [5.41, 5.74) is 0.928. The maximum atomic E-state index is 10.4. The van der Waals surface area contributed by atoms with Gasteiger partial charge >= 0.3 is 0 Å². The van der Waals surface area contributed by atoms with E-state index in [-0.39, 0.29) is 4.90 Å². The second-order valence-corrected chi connectivity index (χ2v) is 10.1. The Labute approximate surface area is 164 Å². The van der Waals surface area contributed by atoms with Crippen LogP contribution in [-0.4, -0.2) is 18.2 Å². The highest BCUT2D eigenvalue weighted by atomic mass is 32.2. The number of rotatable bonds is 4. The van der Waals surface area contributed by atoms with E-state index in [2.05, 4.69) is 60.7 Å². The van der Waals surface area contributed by atoms with Gasteiger partial charge < -0.3 is 4.55 Å². The van der Waals surface area contributed by atoms with Crippen LogP contribution < -0.4 is 0 Å². The van der Waals surface area contributed by atoms with Gasteiger partial charge in [0, 0.05) is 12.8 Å². The molecular formula is C22H22O3S2. The molecule has 0 spiro atoms. The predicted molar refractivity (Wildman–Crippen MR) is 109 cm³/mol. The van der Waals surface area contributed by atoms with Crippen LogP contribution in [0.1, 0.15) is 18.4 Å². The minimum absolute atomic E-state index is 0.178. The van der Waals surface area contributed by atoms with E-state index >= 15 is 0 Å². The van der Waals surface area contributed by atoms with Crippen LogP contribution in [-0.2, 0) is 21.0 Å². The van der Waals surface area contributed by atoms with E-state index in [1.165, 1.54) is 34.8 Å². The van der Waals surface area contributed by atoms with Crippen LogP contribution in [0.4, 0.5) is 0 Å². The van der Waals surface area contributed by atoms with Gasteiger partial charge in [-0.05, 0) is 43.3 Å². The van der Waals surface area contributed by atoms with Crippen molar-refractivity contribution in [2.24, 2.45) is 0 Å². The number of hydrogen-bond acceptors (Lipinski definition) is 3. The Balaban J connectivity index is 0.000000168. The Morgan fingerprint density at radius 3 is 1.59 bits per heavy atom. The lowest BCUT2D eigenvalue weighted by Gasteiger charge is -2.06. The standard InChI is InChI=1S/C15H15S.C7H8O3S/c1-3-7-13(8-4-1)16(15-11-12-15)14-9-5-2-6-10-14;1-6-2-4-7(5-3-6)11(8,9)10/h1-10,15H,11-12H2;2-5H,1H3,(H,8,9,10)/q+1;/p-1. The van der Waals surface area contributed by atoms with Gasteiger partial charge in [-0.2, -0.15) is 0 Å². The molecule has 0 atom stereocenters. The van der Waals surface area contributed by atoms with Crippen LogP contribution >= 0.6 is 0 Å². The van der Waals surface area contributed by atoms with Crippen molar-refractivity contribution < 1.29 is 13.0 Å². The minimum Gasteiger partial charge on any atom is -0.744 e. The molecule has 1 saturated carbocycles. The minimum atomic E-state index is -4.27. The smallest absolute Gasteiger partial charge is 0.160 e. The topological polar surface area (TPSA) is 57.2 Å². The summed E-state index contributed by atoms with van der Waals surface area (Å²) >= 11 is 0. The van der Waals surface area contributed by atoms with Gasteiger partial charge in [-0.15, -0.1) is 0 Å². The van der Waals surface area contributed by atoms with Crippen LogP contribution in [0.15, 0.2) is 99.6 Å². The quantitative estimate of drug-likeness (QED) is 0.469. The van der Waals surface area contributed by atoms with E-state index in [0.717, 1.165) is 10.8 Å². The average molecular weight is 399 g/mol. The second kappa shape index (κ2) is 8.74. The first kappa shape index (κ1) is 19.7. The molecule has 4 rings (SSSR count). The molecule has 0 radical (unpaired) electrons. The molecule has 140 valence electrons. The lowest BCUT2D eigenvalue weighted by molar-refractivity contribution is 0.463. The zero-order chi connectivity index (χ0) is 19.3. The Bertz CT molecular complexity index is 910. The largest absolute Gasteiger partial charge is 0.744 e. The molecule has 3 nitrogen and oxygen atoms in total. The fraction of sp³-hybridized carbons (Fsp3) is 0.182. The second-order valence-electron chi connectivity index (χ2n) is 6.43. The van der Waals surface area contributed by atoms with Crippen molar-refractivity contribution in [3.05, 3.63) is 90.5 Å². The molecule has 0 N–H and O–H groups in total. The van der Waals surface area contributed by atoms with Crippen molar-refractivity contribution in [1.29, 1.82) is 0 Å². The molecule has 3 aromatic carbocycles. The molecule has 1 aliphatic rings. The number of benzene rings is 3. The van der Waals surface area contributed by atoms with Crippen molar-refractivity contribution in [2.75, 3.05) is 0 Å². The van der Waals surface area contributed by atoms with Crippen LogP contribution in [0.5, 0.6) is 0 Å². The lowest BCUT2D eigenvalue weighted by atomic mass is 10.2. The summed E-state index contributed by atoms with van der Waals surface area (Å²) in [6, 6.07) is 27.7. The SMILES string of the molecule is Cc1ccc(S(=O)(=O)[O-])cc1.c1ccc([S+](c2ccccc2)C2CC2)cc1. The van der Waals surface area contributed by atoms with Crippen molar-refractivity contribution in [3.8, 4) is 0 Å². The Kier molecular flexibility index (Phi) is 6.37. The van der Waals surface area contributed by atoms with Gasteiger partial charge in [-0.1, -0.05) is 54.1 Å². The highest BCUT2D eigenvalue weighted by Crippen LogP contribution is 2.39. The molecule has 5 heteroatoms. The first-order valence-corrected chi connectivity index (χ1v) is 11.5. The zero-order valence-corrected chi connectivity index (χ0v) is 16.7. The van der Waals surface area contributed by atoms with Crippen molar-refractivity contribution >= 4 is 21.0 Å². The lowest BCUT2D eigenvalue weighted by Crippen LogP contribution is -2.08. The van der Waals surface area contributed by atoms with E-state index in [1.807, 2.05) is 6.92 Å². The van der Waals surface area contributed by atoms with Gasteiger partial charge in [0.15, 0.2) is 9.79 Å². The summed E-state index contributed by atoms with van der Waals surface area (Å²) in [7, 11) is -3.96.